The lowest BCUT2D eigenvalue weighted by Crippen LogP contribution is -2.25. The minimum absolute atomic E-state index is 0.365. The first-order chi connectivity index (χ1) is 9.20. The van der Waals surface area contributed by atoms with Crippen LogP contribution >= 0.6 is 0 Å². The van der Waals surface area contributed by atoms with E-state index in [-0.39, 0.29) is 5.97 Å². The molecule has 0 atom stereocenters. The molecule has 1 saturated heterocycles. The Balaban J connectivity index is 1.88. The first-order valence-electron chi connectivity index (χ1n) is 6.53. The molecule has 0 spiro atoms. The zero-order valence-corrected chi connectivity index (χ0v) is 11.2. The second-order valence-corrected chi connectivity index (χ2v) is 4.64. The number of ether oxygens (including phenoxy) is 2. The van der Waals surface area contributed by atoms with Crippen molar-refractivity contribution in [1.82, 2.24) is 4.90 Å². The predicted octanol–water partition coefficient (Wildman–Crippen LogP) is 1.53. The van der Waals surface area contributed by atoms with Crippen LogP contribution in [0.5, 0.6) is 5.75 Å². The maximum absolute atomic E-state index is 11.9. The molecule has 19 heavy (non-hydrogen) atoms. The molecule has 0 unspecified atom stereocenters. The number of esters is 1. The van der Waals surface area contributed by atoms with Crippen LogP contribution < -0.4 is 10.5 Å². The molecule has 5 nitrogen and oxygen atoms in total. The van der Waals surface area contributed by atoms with Crippen molar-refractivity contribution in [3.05, 3.63) is 23.8 Å². The van der Waals surface area contributed by atoms with Crippen molar-refractivity contribution >= 4 is 11.7 Å². The molecule has 0 aliphatic carbocycles. The highest BCUT2D eigenvalue weighted by molar-refractivity contribution is 5.93. The number of hydrogen-bond acceptors (Lipinski definition) is 5. The fourth-order valence-electron chi connectivity index (χ4n) is 2.23. The Kier molecular flexibility index (Phi) is 4.63. The highest BCUT2D eigenvalue weighted by Crippen LogP contribution is 2.22. The standard InChI is InChI=1S/C14H20N2O3/c1-18-13-10-11(15)4-5-12(13)14(17)19-9-8-16-6-2-3-7-16/h4-5,10H,2-3,6-9,15H2,1H3. The van der Waals surface area contributed by atoms with Crippen LogP contribution in [0.1, 0.15) is 23.2 Å². The van der Waals surface area contributed by atoms with E-state index in [1.165, 1.54) is 20.0 Å². The summed E-state index contributed by atoms with van der Waals surface area (Å²) in [6.45, 7) is 3.40. The van der Waals surface area contributed by atoms with Crippen molar-refractivity contribution in [3.8, 4) is 5.75 Å². The highest BCUT2D eigenvalue weighted by Gasteiger charge is 2.15. The molecule has 104 valence electrons. The Labute approximate surface area is 113 Å². The number of nitrogens with two attached hydrogens (primary N) is 1. The van der Waals surface area contributed by atoms with Crippen LogP contribution in [0.2, 0.25) is 0 Å². The van der Waals surface area contributed by atoms with E-state index >= 15 is 0 Å². The lowest BCUT2D eigenvalue weighted by molar-refractivity contribution is 0.0469. The molecule has 1 aromatic carbocycles. The number of anilines is 1. The van der Waals surface area contributed by atoms with E-state index in [1.807, 2.05) is 0 Å². The van der Waals surface area contributed by atoms with Crippen molar-refractivity contribution in [2.24, 2.45) is 0 Å². The number of rotatable bonds is 5. The minimum atomic E-state index is -0.365. The van der Waals surface area contributed by atoms with Crippen LogP contribution in [0.3, 0.4) is 0 Å². The average molecular weight is 264 g/mol. The zero-order valence-electron chi connectivity index (χ0n) is 11.2. The van der Waals surface area contributed by atoms with Gasteiger partial charge in [0.25, 0.3) is 0 Å². The third-order valence-corrected chi connectivity index (χ3v) is 3.28. The molecule has 0 radical (unpaired) electrons. The summed E-state index contributed by atoms with van der Waals surface area (Å²) >= 11 is 0. The molecular weight excluding hydrogens is 244 g/mol. The van der Waals surface area contributed by atoms with Gasteiger partial charge in [-0.05, 0) is 38.1 Å². The lowest BCUT2D eigenvalue weighted by atomic mass is 10.2. The van der Waals surface area contributed by atoms with Gasteiger partial charge in [0.2, 0.25) is 0 Å². The summed E-state index contributed by atoms with van der Waals surface area (Å²) in [7, 11) is 1.51. The number of carbonyl (C=O) groups excluding carboxylic acids is 1. The first kappa shape index (κ1) is 13.7. The molecule has 0 amide bonds. The average Bonchev–Trinajstić information content (AvgIpc) is 2.91. The van der Waals surface area contributed by atoms with Gasteiger partial charge in [0.05, 0.1) is 7.11 Å². The Morgan fingerprint density at radius 3 is 2.79 bits per heavy atom. The van der Waals surface area contributed by atoms with Gasteiger partial charge in [0.15, 0.2) is 0 Å². The molecular formula is C14H20N2O3. The predicted molar refractivity (Wildman–Crippen MR) is 73.4 cm³/mol. The maximum Gasteiger partial charge on any atom is 0.341 e. The second-order valence-electron chi connectivity index (χ2n) is 4.64. The molecule has 2 N–H and O–H groups in total. The third kappa shape index (κ3) is 3.61. The Morgan fingerprint density at radius 2 is 2.11 bits per heavy atom. The Hall–Kier alpha value is -1.75. The minimum Gasteiger partial charge on any atom is -0.496 e. The van der Waals surface area contributed by atoms with Crippen molar-refractivity contribution in [2.45, 2.75) is 12.8 Å². The monoisotopic (exact) mass is 264 g/mol. The molecule has 1 aliphatic heterocycles. The number of methoxy groups -OCH3 is 1. The first-order valence-corrected chi connectivity index (χ1v) is 6.53. The van der Waals surface area contributed by atoms with E-state index < -0.39 is 0 Å². The van der Waals surface area contributed by atoms with E-state index in [2.05, 4.69) is 4.90 Å². The molecule has 1 heterocycles. The number of benzene rings is 1. The Bertz CT molecular complexity index is 442. The summed E-state index contributed by atoms with van der Waals surface area (Å²) in [6, 6.07) is 4.92. The van der Waals surface area contributed by atoms with E-state index in [0.29, 0.717) is 23.6 Å². The molecule has 0 aromatic heterocycles. The SMILES string of the molecule is COc1cc(N)ccc1C(=O)OCCN1CCCC1. The van der Waals surface area contributed by atoms with Gasteiger partial charge in [-0.3, -0.25) is 4.90 Å². The highest BCUT2D eigenvalue weighted by atomic mass is 16.5. The fraction of sp³-hybridized carbons (Fsp3) is 0.500. The van der Waals surface area contributed by atoms with Crippen LogP contribution in [-0.2, 0) is 4.74 Å². The molecule has 0 bridgehead atoms. The summed E-state index contributed by atoms with van der Waals surface area (Å²) < 4.78 is 10.4. The second kappa shape index (κ2) is 6.43. The summed E-state index contributed by atoms with van der Waals surface area (Å²) in [5.41, 5.74) is 6.62. The van der Waals surface area contributed by atoms with Crippen molar-refractivity contribution in [3.63, 3.8) is 0 Å². The quantitative estimate of drug-likeness (QED) is 0.645. The largest absolute Gasteiger partial charge is 0.496 e. The van der Waals surface area contributed by atoms with Crippen molar-refractivity contribution in [1.29, 1.82) is 0 Å². The number of carbonyl (C=O) groups is 1. The van der Waals surface area contributed by atoms with Gasteiger partial charge >= 0.3 is 5.97 Å². The van der Waals surface area contributed by atoms with Crippen LogP contribution in [0.15, 0.2) is 18.2 Å². The van der Waals surface area contributed by atoms with Gasteiger partial charge in [0.1, 0.15) is 17.9 Å². The molecule has 1 aromatic rings. The van der Waals surface area contributed by atoms with Crippen molar-refractivity contribution < 1.29 is 14.3 Å². The van der Waals surface area contributed by atoms with Gasteiger partial charge in [0, 0.05) is 18.3 Å². The van der Waals surface area contributed by atoms with Crippen molar-refractivity contribution in [2.75, 3.05) is 39.1 Å². The van der Waals surface area contributed by atoms with Gasteiger partial charge in [-0.1, -0.05) is 0 Å². The van der Waals surface area contributed by atoms with Crippen LogP contribution in [0, 0.1) is 0 Å². The number of hydrogen-bond donors (Lipinski definition) is 1. The number of nitrogens with zero attached hydrogens (tertiary/aromatic N) is 1. The summed E-state index contributed by atoms with van der Waals surface area (Å²) in [5.74, 6) is 0.0854. The van der Waals surface area contributed by atoms with E-state index in [0.717, 1.165) is 19.6 Å². The van der Waals surface area contributed by atoms with Gasteiger partial charge in [-0.15, -0.1) is 0 Å². The summed E-state index contributed by atoms with van der Waals surface area (Å²) in [5, 5.41) is 0. The topological polar surface area (TPSA) is 64.8 Å². The van der Waals surface area contributed by atoms with Gasteiger partial charge in [-0.25, -0.2) is 4.79 Å². The zero-order chi connectivity index (χ0) is 13.7. The molecule has 0 saturated carbocycles. The fourth-order valence-corrected chi connectivity index (χ4v) is 2.23. The van der Waals surface area contributed by atoms with Gasteiger partial charge < -0.3 is 15.2 Å². The molecule has 5 heteroatoms. The molecule has 1 aliphatic rings. The van der Waals surface area contributed by atoms with Crippen LogP contribution in [-0.4, -0.2) is 44.2 Å². The smallest absolute Gasteiger partial charge is 0.341 e. The molecule has 1 fully saturated rings. The van der Waals surface area contributed by atoms with Crippen LogP contribution in [0.4, 0.5) is 5.69 Å². The number of nitrogen functional groups attached to an aromatic ring is 1. The Morgan fingerprint density at radius 1 is 1.37 bits per heavy atom. The van der Waals surface area contributed by atoms with E-state index in [4.69, 9.17) is 15.2 Å². The summed E-state index contributed by atoms with van der Waals surface area (Å²) in [6.07, 6.45) is 2.47. The van der Waals surface area contributed by atoms with Crippen LogP contribution in [0.25, 0.3) is 0 Å². The third-order valence-electron chi connectivity index (χ3n) is 3.28. The molecule has 2 rings (SSSR count). The lowest BCUT2D eigenvalue weighted by Gasteiger charge is -2.15. The maximum atomic E-state index is 11.9. The van der Waals surface area contributed by atoms with E-state index in [9.17, 15) is 4.79 Å². The van der Waals surface area contributed by atoms with Gasteiger partial charge in [-0.2, -0.15) is 0 Å². The summed E-state index contributed by atoms with van der Waals surface area (Å²) in [4.78, 5) is 14.2. The van der Waals surface area contributed by atoms with E-state index in [1.54, 1.807) is 18.2 Å². The normalized spacial score (nSPS) is 15.4. The number of likely N-dealkylation sites (tertiary alicyclic amines) is 1.